The lowest BCUT2D eigenvalue weighted by atomic mass is 10.3. The smallest absolute Gasteiger partial charge is 0.280 e. The third-order valence-electron chi connectivity index (χ3n) is 3.84. The normalized spacial score (nSPS) is 14.5. The molecule has 9 nitrogen and oxygen atoms in total. The summed E-state index contributed by atoms with van der Waals surface area (Å²) in [5, 5.41) is 6.73. The number of halogens is 2. The monoisotopic (exact) mass is 420 g/mol. The summed E-state index contributed by atoms with van der Waals surface area (Å²) in [6.07, 6.45) is 1.75. The fourth-order valence-electron chi connectivity index (χ4n) is 2.53. The van der Waals surface area contributed by atoms with Crippen LogP contribution in [0.15, 0.2) is 21.7 Å². The minimum Gasteiger partial charge on any atom is -0.495 e. The van der Waals surface area contributed by atoms with Gasteiger partial charge in [0.25, 0.3) is 15.9 Å². The van der Waals surface area contributed by atoms with Gasteiger partial charge in [0.1, 0.15) is 15.7 Å². The van der Waals surface area contributed by atoms with E-state index in [4.69, 9.17) is 27.9 Å². The van der Waals surface area contributed by atoms with E-state index in [9.17, 15) is 13.2 Å². The first-order valence-corrected chi connectivity index (χ1v) is 9.75. The van der Waals surface area contributed by atoms with E-state index in [0.29, 0.717) is 13.1 Å². The number of hydrogen-bond donors (Lipinski definition) is 1. The Morgan fingerprint density at radius 3 is 2.58 bits per heavy atom. The molecule has 26 heavy (non-hydrogen) atoms. The molecule has 1 N–H and O–H groups in total. The highest BCUT2D eigenvalue weighted by atomic mass is 35.5. The van der Waals surface area contributed by atoms with Crippen LogP contribution in [-0.4, -0.2) is 49.7 Å². The largest absolute Gasteiger partial charge is 0.495 e. The van der Waals surface area contributed by atoms with Crippen molar-refractivity contribution in [3.05, 3.63) is 27.9 Å². The maximum Gasteiger partial charge on any atom is 0.280 e. The summed E-state index contributed by atoms with van der Waals surface area (Å²) in [6.45, 7) is 1.13. The summed E-state index contributed by atoms with van der Waals surface area (Å²) in [6, 6.07) is 2.59. The van der Waals surface area contributed by atoms with Gasteiger partial charge in [0, 0.05) is 13.1 Å². The number of hydrogen-bond acceptors (Lipinski definition) is 7. The quantitative estimate of drug-likeness (QED) is 0.789. The molecule has 0 saturated carbocycles. The molecule has 1 fully saturated rings. The van der Waals surface area contributed by atoms with Gasteiger partial charge in [0.15, 0.2) is 0 Å². The minimum absolute atomic E-state index is 0.0521. The number of methoxy groups -OCH3 is 1. The zero-order chi connectivity index (χ0) is 18.9. The summed E-state index contributed by atoms with van der Waals surface area (Å²) >= 11 is 12.0. The Kier molecular flexibility index (Phi) is 5.26. The molecule has 0 radical (unpaired) electrons. The molecule has 1 amide bonds. The Morgan fingerprint density at radius 1 is 1.23 bits per heavy atom. The van der Waals surface area contributed by atoms with Crippen molar-refractivity contribution < 1.29 is 22.6 Å². The van der Waals surface area contributed by atoms with E-state index in [1.54, 1.807) is 4.90 Å². The molecule has 3 rings (SSSR count). The molecule has 12 heteroatoms. The lowest BCUT2D eigenvalue weighted by Gasteiger charge is -2.14. The molecule has 2 heterocycles. The number of carbonyl (C=O) groups is 1. The van der Waals surface area contributed by atoms with Crippen molar-refractivity contribution >= 4 is 45.0 Å². The van der Waals surface area contributed by atoms with Gasteiger partial charge in [-0.2, -0.15) is 0 Å². The van der Waals surface area contributed by atoms with Crippen molar-refractivity contribution in [1.29, 1.82) is 0 Å². The SMILES string of the molecule is COc1ccc(S(=O)(=O)Nc2nonc2C(=O)N2CCCC2)c(Cl)c1Cl. The van der Waals surface area contributed by atoms with Gasteiger partial charge in [-0.3, -0.25) is 9.52 Å². The molecule has 0 unspecified atom stereocenters. The van der Waals surface area contributed by atoms with Crippen LogP contribution in [-0.2, 0) is 10.0 Å². The summed E-state index contributed by atoms with van der Waals surface area (Å²) in [5.41, 5.74) is -0.216. The molecule has 2 aromatic rings. The molecule has 1 aromatic heterocycles. The van der Waals surface area contributed by atoms with Gasteiger partial charge in [-0.15, -0.1) is 0 Å². The van der Waals surface area contributed by atoms with Crippen LogP contribution in [0.25, 0.3) is 0 Å². The molecule has 0 aliphatic carbocycles. The van der Waals surface area contributed by atoms with Gasteiger partial charge in [0.2, 0.25) is 11.5 Å². The van der Waals surface area contributed by atoms with Crippen molar-refractivity contribution in [2.45, 2.75) is 17.7 Å². The summed E-state index contributed by atoms with van der Waals surface area (Å²) in [7, 11) is -2.82. The minimum atomic E-state index is -4.20. The van der Waals surface area contributed by atoms with E-state index in [2.05, 4.69) is 19.7 Å². The van der Waals surface area contributed by atoms with Gasteiger partial charge in [-0.05, 0) is 35.3 Å². The van der Waals surface area contributed by atoms with Gasteiger partial charge in [-0.1, -0.05) is 23.2 Å². The lowest BCUT2D eigenvalue weighted by Crippen LogP contribution is -2.29. The number of carbonyl (C=O) groups excluding carboxylic acids is 1. The summed E-state index contributed by atoms with van der Waals surface area (Å²) in [4.78, 5) is 13.7. The topological polar surface area (TPSA) is 115 Å². The zero-order valence-electron chi connectivity index (χ0n) is 13.5. The fraction of sp³-hybridized carbons (Fsp3) is 0.357. The molecule has 0 bridgehead atoms. The first kappa shape index (κ1) is 18.7. The molecule has 140 valence electrons. The molecule has 1 aliphatic rings. The average molecular weight is 421 g/mol. The fourth-order valence-corrected chi connectivity index (χ4v) is 4.37. The van der Waals surface area contributed by atoms with E-state index in [1.807, 2.05) is 0 Å². The number of amides is 1. The van der Waals surface area contributed by atoms with E-state index < -0.39 is 15.9 Å². The third-order valence-corrected chi connectivity index (χ3v) is 6.19. The highest BCUT2D eigenvalue weighted by Gasteiger charge is 2.30. The third kappa shape index (κ3) is 3.44. The lowest BCUT2D eigenvalue weighted by molar-refractivity contribution is 0.0782. The van der Waals surface area contributed by atoms with Gasteiger partial charge in [-0.25, -0.2) is 13.0 Å². The number of ether oxygens (including phenoxy) is 1. The highest BCUT2D eigenvalue weighted by Crippen LogP contribution is 2.37. The van der Waals surface area contributed by atoms with Crippen LogP contribution in [0.4, 0.5) is 5.82 Å². The van der Waals surface area contributed by atoms with Crippen LogP contribution < -0.4 is 9.46 Å². The van der Waals surface area contributed by atoms with Crippen molar-refractivity contribution in [3.63, 3.8) is 0 Å². The van der Waals surface area contributed by atoms with Crippen LogP contribution in [0.5, 0.6) is 5.75 Å². The van der Waals surface area contributed by atoms with Crippen LogP contribution in [0.3, 0.4) is 0 Å². The Morgan fingerprint density at radius 2 is 1.92 bits per heavy atom. The first-order valence-electron chi connectivity index (χ1n) is 7.52. The maximum absolute atomic E-state index is 12.6. The predicted molar refractivity (Wildman–Crippen MR) is 93.3 cm³/mol. The van der Waals surface area contributed by atoms with Gasteiger partial charge >= 0.3 is 0 Å². The molecular formula is C14H14Cl2N4O5S. The number of sulfonamides is 1. The molecule has 0 atom stereocenters. The first-order chi connectivity index (χ1) is 12.3. The molecule has 1 saturated heterocycles. The number of anilines is 1. The second-order valence-corrected chi connectivity index (χ2v) is 7.87. The Hall–Kier alpha value is -2.04. The van der Waals surface area contributed by atoms with Crippen molar-refractivity contribution in [1.82, 2.24) is 15.2 Å². The van der Waals surface area contributed by atoms with E-state index in [0.717, 1.165) is 12.8 Å². The second kappa shape index (κ2) is 7.29. The van der Waals surface area contributed by atoms with Crippen LogP contribution in [0, 0.1) is 0 Å². The zero-order valence-corrected chi connectivity index (χ0v) is 15.9. The Bertz CT molecular complexity index is 941. The second-order valence-electron chi connectivity index (χ2n) is 5.46. The standard InChI is InChI=1S/C14H14Cl2N4O5S/c1-24-8-4-5-9(11(16)10(8)15)26(22,23)19-13-12(17-25-18-13)14(21)20-6-2-3-7-20/h4-5H,2-3,6-7H2,1H3,(H,18,19). The van der Waals surface area contributed by atoms with Gasteiger partial charge in [0.05, 0.1) is 12.1 Å². The molecule has 1 aliphatic heterocycles. The Labute approximate surface area is 159 Å². The molecule has 0 spiro atoms. The van der Waals surface area contributed by atoms with E-state index >= 15 is 0 Å². The van der Waals surface area contributed by atoms with Crippen LogP contribution in [0.1, 0.15) is 23.3 Å². The average Bonchev–Trinajstić information content (AvgIpc) is 3.28. The number of likely N-dealkylation sites (tertiary alicyclic amines) is 1. The molecule has 1 aromatic carbocycles. The number of rotatable bonds is 5. The molecular weight excluding hydrogens is 407 g/mol. The number of nitrogens with one attached hydrogen (secondary N) is 1. The number of benzene rings is 1. The van der Waals surface area contributed by atoms with E-state index in [-0.39, 0.29) is 32.2 Å². The van der Waals surface area contributed by atoms with Crippen molar-refractivity contribution in [2.75, 3.05) is 24.9 Å². The summed E-state index contributed by atoms with van der Waals surface area (Å²) < 4.78 is 37.0. The van der Waals surface area contributed by atoms with Crippen molar-refractivity contribution in [2.24, 2.45) is 0 Å². The van der Waals surface area contributed by atoms with Crippen LogP contribution >= 0.6 is 23.2 Å². The van der Waals surface area contributed by atoms with E-state index in [1.165, 1.54) is 19.2 Å². The maximum atomic E-state index is 12.6. The summed E-state index contributed by atoms with van der Waals surface area (Å²) in [5.74, 6) is -0.547. The Balaban J connectivity index is 1.91. The predicted octanol–water partition coefficient (Wildman–Crippen LogP) is 2.42. The van der Waals surface area contributed by atoms with Crippen LogP contribution in [0.2, 0.25) is 10.0 Å². The number of nitrogens with zero attached hydrogens (tertiary/aromatic N) is 3. The number of aromatic nitrogens is 2. The van der Waals surface area contributed by atoms with Gasteiger partial charge < -0.3 is 9.64 Å². The van der Waals surface area contributed by atoms with Crippen molar-refractivity contribution in [3.8, 4) is 5.75 Å². The highest BCUT2D eigenvalue weighted by molar-refractivity contribution is 7.92.